The molecule has 0 spiro atoms. The Morgan fingerprint density at radius 1 is 1.07 bits per heavy atom. The summed E-state index contributed by atoms with van der Waals surface area (Å²) in [6.07, 6.45) is 7.10. The topological polar surface area (TPSA) is 67.2 Å². The van der Waals surface area contributed by atoms with Crippen LogP contribution in [0.1, 0.15) is 34.8 Å². The highest BCUT2D eigenvalue weighted by molar-refractivity contribution is 6.07. The van der Waals surface area contributed by atoms with Gasteiger partial charge in [0, 0.05) is 28.9 Å². The normalized spacial score (nSPS) is 11.1. The highest BCUT2D eigenvalue weighted by Crippen LogP contribution is 2.25. The zero-order chi connectivity index (χ0) is 20.8. The van der Waals surface area contributed by atoms with E-state index in [-0.39, 0.29) is 5.91 Å². The lowest BCUT2D eigenvalue weighted by Gasteiger charge is -2.09. The molecule has 0 aliphatic rings. The molecule has 2 aromatic carbocycles. The van der Waals surface area contributed by atoms with E-state index in [1.165, 1.54) is 5.56 Å². The van der Waals surface area contributed by atoms with Crippen LogP contribution in [0.15, 0.2) is 84.2 Å². The van der Waals surface area contributed by atoms with Crippen LogP contribution in [0.25, 0.3) is 22.2 Å². The van der Waals surface area contributed by atoms with E-state index >= 15 is 0 Å². The third-order valence-corrected chi connectivity index (χ3v) is 4.81. The lowest BCUT2D eigenvalue weighted by atomic mass is 10.0. The van der Waals surface area contributed by atoms with Gasteiger partial charge in [0.15, 0.2) is 0 Å². The van der Waals surface area contributed by atoms with Gasteiger partial charge in [0.2, 0.25) is 0 Å². The molecule has 2 aromatic heterocycles. The van der Waals surface area contributed by atoms with Crippen molar-refractivity contribution < 1.29 is 4.79 Å². The highest BCUT2D eigenvalue weighted by Gasteiger charge is 2.13. The molecule has 5 nitrogen and oxygen atoms in total. The van der Waals surface area contributed by atoms with Crippen LogP contribution < -0.4 is 5.43 Å². The first-order valence-corrected chi connectivity index (χ1v) is 9.97. The molecule has 0 fully saturated rings. The van der Waals surface area contributed by atoms with Gasteiger partial charge in [-0.05, 0) is 30.2 Å². The molecule has 0 aliphatic heterocycles. The van der Waals surface area contributed by atoms with Crippen LogP contribution in [0.2, 0.25) is 0 Å². The fourth-order valence-electron chi connectivity index (χ4n) is 3.32. The fraction of sp³-hybridized carbons (Fsp3) is 0.120. The summed E-state index contributed by atoms with van der Waals surface area (Å²) in [4.78, 5) is 21.7. The Morgan fingerprint density at radius 3 is 2.67 bits per heavy atom. The molecule has 0 saturated carbocycles. The van der Waals surface area contributed by atoms with E-state index in [2.05, 4.69) is 46.7 Å². The van der Waals surface area contributed by atoms with Crippen molar-refractivity contribution in [2.24, 2.45) is 5.10 Å². The standard InChI is InChI=1S/C25H22N4O/c1-2-6-18-10-12-20(13-11-18)24-15-22(21-8-3-4-9-23(21)28-24)25(30)29-27-17-19-7-5-14-26-16-19/h3-5,7-17H,2,6H2,1H3,(H,29,30)/b27-17+. The second kappa shape index (κ2) is 9.09. The molecule has 148 valence electrons. The minimum Gasteiger partial charge on any atom is -0.267 e. The van der Waals surface area contributed by atoms with Gasteiger partial charge in [-0.3, -0.25) is 9.78 Å². The zero-order valence-electron chi connectivity index (χ0n) is 16.7. The molecular formula is C25H22N4O. The van der Waals surface area contributed by atoms with Gasteiger partial charge in [-0.15, -0.1) is 0 Å². The SMILES string of the molecule is CCCc1ccc(-c2cc(C(=O)N/N=C/c3cccnc3)c3ccccc3n2)cc1. The molecule has 30 heavy (non-hydrogen) atoms. The van der Waals surface area contributed by atoms with Crippen LogP contribution >= 0.6 is 0 Å². The number of carbonyl (C=O) groups is 1. The van der Waals surface area contributed by atoms with E-state index in [0.717, 1.165) is 40.6 Å². The molecule has 4 rings (SSSR count). The minimum atomic E-state index is -0.280. The Balaban J connectivity index is 1.66. The summed E-state index contributed by atoms with van der Waals surface area (Å²) in [5.41, 5.74) is 7.78. The van der Waals surface area contributed by atoms with E-state index in [4.69, 9.17) is 4.98 Å². The Morgan fingerprint density at radius 2 is 1.90 bits per heavy atom. The summed E-state index contributed by atoms with van der Waals surface area (Å²) in [5, 5.41) is 4.86. The van der Waals surface area contributed by atoms with Crippen LogP contribution in [0.3, 0.4) is 0 Å². The smallest absolute Gasteiger partial charge is 0.267 e. The first-order chi connectivity index (χ1) is 14.7. The van der Waals surface area contributed by atoms with E-state index in [1.54, 1.807) is 18.6 Å². The largest absolute Gasteiger partial charge is 0.272 e. The second-order valence-corrected chi connectivity index (χ2v) is 7.00. The zero-order valence-corrected chi connectivity index (χ0v) is 16.7. The Kier molecular flexibility index (Phi) is 5.90. The molecular weight excluding hydrogens is 372 g/mol. The van der Waals surface area contributed by atoms with E-state index in [1.807, 2.05) is 42.5 Å². The van der Waals surface area contributed by atoms with Crippen molar-refractivity contribution >= 4 is 23.0 Å². The monoisotopic (exact) mass is 394 g/mol. The summed E-state index contributed by atoms with van der Waals surface area (Å²) in [6, 6.07) is 21.5. The van der Waals surface area contributed by atoms with Crippen LogP contribution in [0, 0.1) is 0 Å². The highest BCUT2D eigenvalue weighted by atomic mass is 16.2. The van der Waals surface area contributed by atoms with E-state index in [9.17, 15) is 4.79 Å². The van der Waals surface area contributed by atoms with Gasteiger partial charge in [0.05, 0.1) is 23.0 Å². The van der Waals surface area contributed by atoms with Crippen molar-refractivity contribution in [2.45, 2.75) is 19.8 Å². The minimum absolute atomic E-state index is 0.280. The molecule has 0 aliphatic carbocycles. The summed E-state index contributed by atoms with van der Waals surface area (Å²) in [7, 11) is 0. The molecule has 1 N–H and O–H groups in total. The average Bonchev–Trinajstić information content (AvgIpc) is 2.80. The number of nitrogens with zero attached hydrogens (tertiary/aromatic N) is 3. The Labute approximate surface area is 175 Å². The van der Waals surface area contributed by atoms with Crippen molar-refractivity contribution in [3.63, 3.8) is 0 Å². The van der Waals surface area contributed by atoms with Crippen molar-refractivity contribution in [3.05, 3.63) is 95.8 Å². The number of carbonyl (C=O) groups excluding carboxylic acids is 1. The molecule has 5 heteroatoms. The first-order valence-electron chi connectivity index (χ1n) is 9.97. The number of aryl methyl sites for hydroxylation is 1. The van der Waals surface area contributed by atoms with Gasteiger partial charge in [-0.1, -0.05) is 61.9 Å². The van der Waals surface area contributed by atoms with Gasteiger partial charge >= 0.3 is 0 Å². The number of para-hydroxylation sites is 1. The number of fused-ring (bicyclic) bond motifs is 1. The number of pyridine rings is 2. The number of amides is 1. The van der Waals surface area contributed by atoms with Crippen LogP contribution in [-0.4, -0.2) is 22.1 Å². The van der Waals surface area contributed by atoms with E-state index < -0.39 is 0 Å². The first kappa shape index (κ1) is 19.5. The van der Waals surface area contributed by atoms with Gasteiger partial charge in [0.1, 0.15) is 0 Å². The van der Waals surface area contributed by atoms with Crippen molar-refractivity contribution in [1.29, 1.82) is 0 Å². The third-order valence-electron chi connectivity index (χ3n) is 4.81. The third kappa shape index (κ3) is 4.41. The lowest BCUT2D eigenvalue weighted by Crippen LogP contribution is -2.18. The number of hydrazone groups is 1. The van der Waals surface area contributed by atoms with Crippen molar-refractivity contribution in [2.75, 3.05) is 0 Å². The Bertz CT molecular complexity index is 1180. The summed E-state index contributed by atoms with van der Waals surface area (Å²) in [5.74, 6) is -0.280. The van der Waals surface area contributed by atoms with Crippen molar-refractivity contribution in [1.82, 2.24) is 15.4 Å². The van der Waals surface area contributed by atoms with Gasteiger partial charge in [0.25, 0.3) is 5.91 Å². The average molecular weight is 394 g/mol. The molecule has 0 bridgehead atoms. The number of hydrogen-bond acceptors (Lipinski definition) is 4. The van der Waals surface area contributed by atoms with Gasteiger partial charge in [-0.2, -0.15) is 5.10 Å². The van der Waals surface area contributed by atoms with Gasteiger partial charge in [-0.25, -0.2) is 10.4 Å². The maximum absolute atomic E-state index is 12.9. The Hall–Kier alpha value is -3.86. The maximum atomic E-state index is 12.9. The molecule has 0 atom stereocenters. The molecule has 4 aromatic rings. The molecule has 0 saturated heterocycles. The molecule has 0 radical (unpaired) electrons. The quantitative estimate of drug-likeness (QED) is 0.369. The predicted octanol–water partition coefficient (Wildman–Crippen LogP) is 5.01. The van der Waals surface area contributed by atoms with Crippen molar-refractivity contribution in [3.8, 4) is 11.3 Å². The summed E-state index contributed by atoms with van der Waals surface area (Å²) < 4.78 is 0. The van der Waals surface area contributed by atoms with Gasteiger partial charge < -0.3 is 0 Å². The summed E-state index contributed by atoms with van der Waals surface area (Å²) in [6.45, 7) is 2.17. The number of benzene rings is 2. The second-order valence-electron chi connectivity index (χ2n) is 7.00. The van der Waals surface area contributed by atoms with Crippen LogP contribution in [0.4, 0.5) is 0 Å². The predicted molar refractivity (Wildman–Crippen MR) is 120 cm³/mol. The van der Waals surface area contributed by atoms with Crippen LogP contribution in [-0.2, 0) is 6.42 Å². The number of rotatable bonds is 6. The fourth-order valence-corrected chi connectivity index (χ4v) is 3.32. The number of nitrogens with one attached hydrogen (secondary N) is 1. The summed E-state index contributed by atoms with van der Waals surface area (Å²) >= 11 is 0. The maximum Gasteiger partial charge on any atom is 0.272 e. The molecule has 1 amide bonds. The lowest BCUT2D eigenvalue weighted by molar-refractivity contribution is 0.0956. The molecule has 2 heterocycles. The number of aromatic nitrogens is 2. The molecule has 0 unspecified atom stereocenters. The van der Waals surface area contributed by atoms with Crippen LogP contribution in [0.5, 0.6) is 0 Å². The van der Waals surface area contributed by atoms with E-state index in [0.29, 0.717) is 5.56 Å². The number of hydrogen-bond donors (Lipinski definition) is 1.